The molecule has 3 N–H and O–H groups in total. The Morgan fingerprint density at radius 1 is 0.433 bits per heavy atom. The number of carbonyl (C=O) groups excluding carboxylic acids is 2. The molecule has 0 saturated heterocycles. The van der Waals surface area contributed by atoms with Crippen LogP contribution in [0.25, 0.3) is 0 Å². The monoisotopic (exact) mass is 944 g/mol. The lowest BCUT2D eigenvalue weighted by molar-refractivity contribution is -0.151. The van der Waals surface area contributed by atoms with E-state index < -0.39 is 18.2 Å². The van der Waals surface area contributed by atoms with E-state index in [0.717, 1.165) is 51.4 Å². The molecule has 1 amide bonds. The van der Waals surface area contributed by atoms with E-state index in [4.69, 9.17) is 4.74 Å². The first-order valence-corrected chi connectivity index (χ1v) is 30.1. The van der Waals surface area contributed by atoms with Crippen molar-refractivity contribution in [1.82, 2.24) is 5.32 Å². The van der Waals surface area contributed by atoms with Crippen LogP contribution in [0.1, 0.15) is 329 Å². The summed E-state index contributed by atoms with van der Waals surface area (Å²) in [5.74, 6) is -0.457. The van der Waals surface area contributed by atoms with Gasteiger partial charge in [0.2, 0.25) is 5.91 Å². The van der Waals surface area contributed by atoms with E-state index in [1.54, 1.807) is 0 Å². The van der Waals surface area contributed by atoms with E-state index in [1.165, 1.54) is 231 Å². The number of rotatable bonds is 55. The van der Waals surface area contributed by atoms with Gasteiger partial charge in [-0.2, -0.15) is 0 Å². The minimum Gasteiger partial charge on any atom is -0.462 e. The smallest absolute Gasteiger partial charge is 0.306 e. The second-order valence-electron chi connectivity index (χ2n) is 20.8. The van der Waals surface area contributed by atoms with Gasteiger partial charge in [-0.3, -0.25) is 9.59 Å². The van der Waals surface area contributed by atoms with Crippen LogP contribution in [0.2, 0.25) is 0 Å². The Morgan fingerprint density at radius 2 is 0.761 bits per heavy atom. The first-order valence-electron chi connectivity index (χ1n) is 30.1. The van der Waals surface area contributed by atoms with Crippen molar-refractivity contribution in [2.75, 3.05) is 6.61 Å². The molecular formula is C61H117NO5. The second kappa shape index (κ2) is 55.3. The minimum absolute atomic E-state index is 0.0824. The highest BCUT2D eigenvalue weighted by Crippen LogP contribution is 2.19. The molecule has 67 heavy (non-hydrogen) atoms. The number of ether oxygens (including phenoxy) is 1. The van der Waals surface area contributed by atoms with Crippen molar-refractivity contribution in [2.45, 2.75) is 347 Å². The molecule has 0 bridgehead atoms. The fourth-order valence-corrected chi connectivity index (χ4v) is 9.46. The summed E-state index contributed by atoms with van der Waals surface area (Å²) in [5.41, 5.74) is 0. The lowest BCUT2D eigenvalue weighted by Gasteiger charge is -2.24. The molecule has 0 heterocycles. The molecule has 396 valence electrons. The first kappa shape index (κ1) is 65.3. The zero-order chi connectivity index (χ0) is 48.8. The van der Waals surface area contributed by atoms with Crippen LogP contribution in [0.3, 0.4) is 0 Å². The number of aliphatic hydroxyl groups excluding tert-OH is 2. The standard InChI is InChI=1S/C61H117NO5/c1-4-7-10-13-16-19-22-25-27-29-30-31-33-36-39-42-45-48-51-54-61(66)67-57(52-49-46-43-40-37-34-24-21-18-15-12-9-6-3)55-60(65)62-58(56-63)59(64)53-50-47-44-41-38-35-32-28-26-23-20-17-14-11-8-5-2/h16,19,25,27,57-59,63-64H,4-15,17-18,20-24,26,28-56H2,1-3H3,(H,62,65)/b19-16-,27-25-. The fraction of sp³-hybridized carbons (Fsp3) is 0.902. The molecule has 0 aromatic rings. The third kappa shape index (κ3) is 50.5. The highest BCUT2D eigenvalue weighted by molar-refractivity contribution is 5.77. The van der Waals surface area contributed by atoms with E-state index in [0.29, 0.717) is 19.3 Å². The molecule has 0 aromatic carbocycles. The van der Waals surface area contributed by atoms with Gasteiger partial charge >= 0.3 is 5.97 Å². The summed E-state index contributed by atoms with van der Waals surface area (Å²) in [5, 5.41) is 23.9. The van der Waals surface area contributed by atoms with Crippen LogP contribution < -0.4 is 5.32 Å². The Labute approximate surface area is 418 Å². The van der Waals surface area contributed by atoms with Gasteiger partial charge in [0.1, 0.15) is 6.10 Å². The van der Waals surface area contributed by atoms with Crippen LogP contribution in [0.4, 0.5) is 0 Å². The largest absolute Gasteiger partial charge is 0.462 e. The maximum absolute atomic E-state index is 13.3. The topological polar surface area (TPSA) is 95.9 Å². The number of hydrogen-bond acceptors (Lipinski definition) is 5. The van der Waals surface area contributed by atoms with Crippen LogP contribution in [-0.4, -0.2) is 46.9 Å². The summed E-state index contributed by atoms with van der Waals surface area (Å²) in [6, 6.07) is -0.698. The predicted molar refractivity (Wildman–Crippen MR) is 292 cm³/mol. The number of aliphatic hydroxyl groups is 2. The Morgan fingerprint density at radius 3 is 1.16 bits per heavy atom. The normalized spacial score (nSPS) is 13.2. The zero-order valence-electron chi connectivity index (χ0n) is 45.3. The Balaban J connectivity index is 4.46. The molecule has 0 aliphatic carbocycles. The van der Waals surface area contributed by atoms with Gasteiger partial charge in [0.15, 0.2) is 0 Å². The average Bonchev–Trinajstić information content (AvgIpc) is 3.32. The molecule has 6 heteroatoms. The Hall–Kier alpha value is -1.66. The second-order valence-corrected chi connectivity index (χ2v) is 20.8. The maximum atomic E-state index is 13.3. The van der Waals surface area contributed by atoms with Gasteiger partial charge in [0, 0.05) is 6.42 Å². The molecule has 0 aromatic heterocycles. The first-order chi connectivity index (χ1) is 33.0. The molecule has 3 unspecified atom stereocenters. The van der Waals surface area contributed by atoms with Crippen molar-refractivity contribution in [3.8, 4) is 0 Å². The van der Waals surface area contributed by atoms with Crippen LogP contribution in [0.15, 0.2) is 24.3 Å². The number of allylic oxidation sites excluding steroid dienone is 4. The number of carbonyl (C=O) groups is 2. The van der Waals surface area contributed by atoms with Crippen LogP contribution in [0.5, 0.6) is 0 Å². The molecule has 0 spiro atoms. The number of nitrogens with one attached hydrogen (secondary N) is 1. The van der Waals surface area contributed by atoms with Crippen LogP contribution in [-0.2, 0) is 14.3 Å². The quantitative estimate of drug-likeness (QED) is 0.0321. The molecule has 0 aliphatic rings. The Kier molecular flexibility index (Phi) is 53.9. The van der Waals surface area contributed by atoms with Gasteiger partial charge in [-0.25, -0.2) is 0 Å². The number of amides is 1. The average molecular weight is 945 g/mol. The highest BCUT2D eigenvalue weighted by Gasteiger charge is 2.24. The van der Waals surface area contributed by atoms with Gasteiger partial charge in [0.25, 0.3) is 0 Å². The molecule has 0 fully saturated rings. The van der Waals surface area contributed by atoms with E-state index in [9.17, 15) is 19.8 Å². The number of unbranched alkanes of at least 4 members (excludes halogenated alkanes) is 39. The van der Waals surface area contributed by atoms with Crippen molar-refractivity contribution < 1.29 is 24.5 Å². The van der Waals surface area contributed by atoms with Crippen molar-refractivity contribution >= 4 is 11.9 Å². The van der Waals surface area contributed by atoms with E-state index in [2.05, 4.69) is 50.4 Å². The maximum Gasteiger partial charge on any atom is 0.306 e. The molecule has 0 saturated carbocycles. The van der Waals surface area contributed by atoms with Crippen LogP contribution >= 0.6 is 0 Å². The Bertz CT molecular complexity index is 1060. The SMILES string of the molecule is CCCCC/C=C\C/C=C\CCCCCCCCCCCC(=O)OC(CCCCCCCCCCCCCCC)CC(=O)NC(CO)C(O)CCCCCCCCCCCCCCCCCC. The fourth-order valence-electron chi connectivity index (χ4n) is 9.46. The van der Waals surface area contributed by atoms with E-state index in [-0.39, 0.29) is 24.9 Å². The van der Waals surface area contributed by atoms with Gasteiger partial charge in [-0.1, -0.05) is 283 Å². The van der Waals surface area contributed by atoms with Gasteiger partial charge < -0.3 is 20.3 Å². The van der Waals surface area contributed by atoms with Gasteiger partial charge in [-0.15, -0.1) is 0 Å². The van der Waals surface area contributed by atoms with Crippen LogP contribution in [0, 0.1) is 0 Å². The number of hydrogen-bond donors (Lipinski definition) is 3. The summed E-state index contributed by atoms with van der Waals surface area (Å²) in [4.78, 5) is 26.3. The predicted octanol–water partition coefficient (Wildman–Crippen LogP) is 18.6. The summed E-state index contributed by atoms with van der Waals surface area (Å²) < 4.78 is 5.97. The lowest BCUT2D eigenvalue weighted by atomic mass is 10.0. The zero-order valence-corrected chi connectivity index (χ0v) is 45.3. The molecule has 3 atom stereocenters. The number of esters is 1. The third-order valence-corrected chi connectivity index (χ3v) is 14.0. The summed E-state index contributed by atoms with van der Waals surface area (Å²) >= 11 is 0. The molecular weight excluding hydrogens is 827 g/mol. The molecule has 0 aliphatic heterocycles. The summed E-state index contributed by atoms with van der Waals surface area (Å²) in [7, 11) is 0. The van der Waals surface area contributed by atoms with Crippen molar-refractivity contribution in [2.24, 2.45) is 0 Å². The minimum atomic E-state index is -0.785. The molecule has 0 radical (unpaired) electrons. The molecule has 6 nitrogen and oxygen atoms in total. The summed E-state index contributed by atoms with van der Waals surface area (Å²) in [6.45, 7) is 6.50. The molecule has 0 rings (SSSR count). The van der Waals surface area contributed by atoms with Gasteiger partial charge in [-0.05, 0) is 57.8 Å². The van der Waals surface area contributed by atoms with Crippen molar-refractivity contribution in [3.05, 3.63) is 24.3 Å². The van der Waals surface area contributed by atoms with Gasteiger partial charge in [0.05, 0.1) is 25.2 Å². The third-order valence-electron chi connectivity index (χ3n) is 14.0. The highest BCUT2D eigenvalue weighted by atomic mass is 16.5. The lowest BCUT2D eigenvalue weighted by Crippen LogP contribution is -2.46. The van der Waals surface area contributed by atoms with E-state index >= 15 is 0 Å². The van der Waals surface area contributed by atoms with E-state index in [1.807, 2.05) is 0 Å². The summed E-state index contributed by atoms with van der Waals surface area (Å²) in [6.07, 6.45) is 65.3. The van der Waals surface area contributed by atoms with Crippen molar-refractivity contribution in [3.63, 3.8) is 0 Å². The van der Waals surface area contributed by atoms with Crippen molar-refractivity contribution in [1.29, 1.82) is 0 Å².